The lowest BCUT2D eigenvalue weighted by molar-refractivity contribution is -0.316. The molecule has 0 aromatic heterocycles. The number of rotatable bonds is 35. The first-order valence-corrected chi connectivity index (χ1v) is 21.5. The number of nitrogens with one attached hydrogen (secondary N) is 2. The van der Waals surface area contributed by atoms with Gasteiger partial charge in [-0.15, -0.1) is 6.58 Å². The van der Waals surface area contributed by atoms with Gasteiger partial charge in [-0.2, -0.15) is 0 Å². The van der Waals surface area contributed by atoms with E-state index in [4.69, 9.17) is 9.47 Å². The molecule has 1 fully saturated rings. The second-order valence-electron chi connectivity index (χ2n) is 15.4. The van der Waals surface area contributed by atoms with E-state index in [1.165, 1.54) is 110 Å². The highest BCUT2D eigenvalue weighted by Gasteiger charge is 2.46. The van der Waals surface area contributed by atoms with E-state index in [-0.39, 0.29) is 24.8 Å². The predicted octanol–water partition coefficient (Wildman–Crippen LogP) is 6.85. The van der Waals surface area contributed by atoms with Gasteiger partial charge >= 0.3 is 0 Å². The van der Waals surface area contributed by atoms with Crippen LogP contribution in [0.1, 0.15) is 187 Å². The van der Waals surface area contributed by atoms with Gasteiger partial charge in [-0.1, -0.05) is 154 Å². The number of amides is 2. The Hall–Kier alpha value is -1.60. The minimum atomic E-state index is -1.71. The summed E-state index contributed by atoms with van der Waals surface area (Å²) >= 11 is 0. The zero-order valence-corrected chi connectivity index (χ0v) is 33.6. The molecule has 0 spiro atoms. The number of ether oxygens (including phenoxy) is 2. The summed E-state index contributed by atoms with van der Waals surface area (Å²) < 4.78 is 11.5. The number of allylic oxidation sites excluding steroid dienone is 1. The van der Waals surface area contributed by atoms with Crippen LogP contribution in [0.2, 0.25) is 0 Å². The molecule has 1 rings (SSSR count). The topological polar surface area (TPSA) is 178 Å². The van der Waals surface area contributed by atoms with Crippen molar-refractivity contribution in [3.8, 4) is 0 Å². The maximum Gasteiger partial charge on any atom is 0.222 e. The molecule has 0 aromatic rings. The Bertz CT molecular complexity index is 910. The van der Waals surface area contributed by atoms with Gasteiger partial charge in [-0.25, -0.2) is 0 Å². The fourth-order valence-electron chi connectivity index (χ4n) is 6.93. The SMILES string of the molecule is C=CCCCCCCCCCCCCCC(=O)N[C@@H](OC1OC(CNC(C)=O)C(O)C(O)C1O)C(O)[C@H](O)CCCCCCCCCCCCCCC. The number of hydrogen-bond acceptors (Lipinski definition) is 9. The zero-order chi connectivity index (χ0) is 39.1. The molecule has 1 aliphatic heterocycles. The average molecular weight is 757 g/mol. The largest absolute Gasteiger partial charge is 0.390 e. The highest BCUT2D eigenvalue weighted by molar-refractivity contribution is 5.76. The van der Waals surface area contributed by atoms with Gasteiger partial charge in [0.1, 0.15) is 30.5 Å². The lowest BCUT2D eigenvalue weighted by atomic mass is 9.98. The average Bonchev–Trinajstić information content (AvgIpc) is 3.14. The van der Waals surface area contributed by atoms with Crippen molar-refractivity contribution in [2.45, 2.75) is 236 Å². The maximum atomic E-state index is 13.0. The molecule has 2 amide bonds. The van der Waals surface area contributed by atoms with Crippen molar-refractivity contribution in [1.82, 2.24) is 10.6 Å². The van der Waals surface area contributed by atoms with Crippen LogP contribution in [0.25, 0.3) is 0 Å². The lowest BCUT2D eigenvalue weighted by Crippen LogP contribution is -2.63. The van der Waals surface area contributed by atoms with Crippen LogP contribution in [-0.2, 0) is 19.1 Å². The zero-order valence-electron chi connectivity index (χ0n) is 33.6. The summed E-state index contributed by atoms with van der Waals surface area (Å²) in [6.07, 6.45) is 19.7. The Morgan fingerprint density at radius 2 is 1.17 bits per heavy atom. The van der Waals surface area contributed by atoms with Gasteiger partial charge in [0.15, 0.2) is 12.5 Å². The van der Waals surface area contributed by atoms with Crippen molar-refractivity contribution < 1.29 is 44.6 Å². The minimum Gasteiger partial charge on any atom is -0.390 e. The van der Waals surface area contributed by atoms with Crippen LogP contribution >= 0.6 is 0 Å². The Labute approximate surface area is 322 Å². The van der Waals surface area contributed by atoms with Crippen LogP contribution in [0.4, 0.5) is 0 Å². The molecule has 6 unspecified atom stereocenters. The number of aliphatic hydroxyl groups excluding tert-OH is 5. The van der Waals surface area contributed by atoms with E-state index >= 15 is 0 Å². The molecule has 0 saturated carbocycles. The lowest BCUT2D eigenvalue weighted by Gasteiger charge is -2.42. The van der Waals surface area contributed by atoms with E-state index in [2.05, 4.69) is 24.1 Å². The number of hydrogen-bond donors (Lipinski definition) is 7. The number of unbranched alkanes of at least 4 members (excludes halogenated alkanes) is 23. The van der Waals surface area contributed by atoms with Crippen molar-refractivity contribution in [2.24, 2.45) is 0 Å². The van der Waals surface area contributed by atoms with Crippen molar-refractivity contribution in [1.29, 1.82) is 0 Å². The van der Waals surface area contributed by atoms with Crippen LogP contribution in [0.3, 0.4) is 0 Å². The third kappa shape index (κ3) is 24.5. The van der Waals surface area contributed by atoms with E-state index in [0.717, 1.165) is 44.9 Å². The van der Waals surface area contributed by atoms with Crippen molar-refractivity contribution in [2.75, 3.05) is 6.54 Å². The van der Waals surface area contributed by atoms with Crippen LogP contribution in [0, 0.1) is 0 Å². The second-order valence-corrected chi connectivity index (χ2v) is 15.4. The summed E-state index contributed by atoms with van der Waals surface area (Å²) in [5.41, 5.74) is 0. The van der Waals surface area contributed by atoms with Crippen molar-refractivity contribution in [3.05, 3.63) is 12.7 Å². The highest BCUT2D eigenvalue weighted by Crippen LogP contribution is 2.24. The molecule has 8 atom stereocenters. The summed E-state index contributed by atoms with van der Waals surface area (Å²) in [5, 5.41) is 58.9. The number of aliphatic hydroxyl groups is 5. The van der Waals surface area contributed by atoms with Gasteiger partial charge in [-0.05, 0) is 25.7 Å². The summed E-state index contributed by atoms with van der Waals surface area (Å²) in [6, 6.07) is 0. The van der Waals surface area contributed by atoms with Gasteiger partial charge in [0, 0.05) is 19.9 Å². The summed E-state index contributed by atoms with van der Waals surface area (Å²) in [6.45, 7) is 7.15. The molecule has 312 valence electrons. The van der Waals surface area contributed by atoms with Gasteiger partial charge in [0.2, 0.25) is 11.8 Å². The monoisotopic (exact) mass is 757 g/mol. The Kier molecular flexibility index (Phi) is 30.4. The molecule has 0 radical (unpaired) electrons. The molecule has 11 nitrogen and oxygen atoms in total. The Morgan fingerprint density at radius 1 is 0.698 bits per heavy atom. The Morgan fingerprint density at radius 3 is 1.66 bits per heavy atom. The minimum absolute atomic E-state index is 0.155. The van der Waals surface area contributed by atoms with Crippen molar-refractivity contribution >= 4 is 11.8 Å². The Balaban J connectivity index is 2.56. The summed E-state index contributed by atoms with van der Waals surface area (Å²) in [4.78, 5) is 24.5. The molecule has 0 aliphatic carbocycles. The maximum absolute atomic E-state index is 13.0. The molecule has 11 heteroatoms. The molecular weight excluding hydrogens is 676 g/mol. The van der Waals surface area contributed by atoms with E-state index < -0.39 is 49.1 Å². The molecule has 1 saturated heterocycles. The van der Waals surface area contributed by atoms with E-state index in [1.807, 2.05) is 6.08 Å². The smallest absolute Gasteiger partial charge is 0.222 e. The molecule has 53 heavy (non-hydrogen) atoms. The molecule has 1 aliphatic rings. The third-order valence-corrected chi connectivity index (χ3v) is 10.4. The molecule has 7 N–H and O–H groups in total. The van der Waals surface area contributed by atoms with E-state index in [0.29, 0.717) is 19.3 Å². The van der Waals surface area contributed by atoms with E-state index in [9.17, 15) is 35.1 Å². The van der Waals surface area contributed by atoms with Crippen LogP contribution in [0.15, 0.2) is 12.7 Å². The quantitative estimate of drug-likeness (QED) is 0.0207. The van der Waals surface area contributed by atoms with Crippen LogP contribution in [-0.4, -0.2) is 93.0 Å². The number of carbonyl (C=O) groups is 2. The number of carbonyl (C=O) groups excluding carboxylic acids is 2. The van der Waals surface area contributed by atoms with Crippen LogP contribution in [0.5, 0.6) is 0 Å². The second kappa shape index (κ2) is 32.6. The fraction of sp³-hybridized carbons (Fsp3) is 0.905. The van der Waals surface area contributed by atoms with Crippen LogP contribution < -0.4 is 10.6 Å². The fourth-order valence-corrected chi connectivity index (χ4v) is 6.93. The highest BCUT2D eigenvalue weighted by atomic mass is 16.7. The first-order valence-electron chi connectivity index (χ1n) is 21.5. The summed E-state index contributed by atoms with van der Waals surface area (Å²) in [5.74, 6) is -0.749. The standard InChI is InChI=1S/C42H80N2O9/c1-4-6-8-10-12-14-16-18-20-22-24-26-28-30-34(46)37(48)41(53-42-40(51)39(50)38(49)35(52-42)32-43-33(3)45)44-36(47)31-29-27-25-23-21-19-17-15-13-11-9-7-5-2/h5,34-35,37-42,46,48-51H,2,4,6-32H2,1,3H3,(H,43,45)(H,44,47)/t34-,35?,37?,38?,39?,40?,41+,42?/m1/s1. The van der Waals surface area contributed by atoms with Crippen molar-refractivity contribution in [3.63, 3.8) is 0 Å². The van der Waals surface area contributed by atoms with Gasteiger partial charge in [0.25, 0.3) is 0 Å². The summed E-state index contributed by atoms with van der Waals surface area (Å²) in [7, 11) is 0. The van der Waals surface area contributed by atoms with Gasteiger partial charge < -0.3 is 45.6 Å². The first kappa shape index (κ1) is 49.4. The normalized spacial score (nSPS) is 21.9. The molecule has 1 heterocycles. The predicted molar refractivity (Wildman–Crippen MR) is 211 cm³/mol. The molecule has 0 aromatic carbocycles. The van der Waals surface area contributed by atoms with Gasteiger partial charge in [0.05, 0.1) is 6.10 Å². The molecular formula is C42H80N2O9. The first-order chi connectivity index (χ1) is 25.6. The van der Waals surface area contributed by atoms with E-state index in [1.54, 1.807) is 0 Å². The third-order valence-electron chi connectivity index (χ3n) is 10.4. The van der Waals surface area contributed by atoms with Gasteiger partial charge in [-0.3, -0.25) is 9.59 Å². The molecule has 0 bridgehead atoms.